The Morgan fingerprint density at radius 1 is 1.00 bits per heavy atom. The van der Waals surface area contributed by atoms with Crippen molar-refractivity contribution in [1.82, 2.24) is 0 Å². The third kappa shape index (κ3) is 2.33. The van der Waals surface area contributed by atoms with Crippen molar-refractivity contribution in [3.63, 3.8) is 0 Å². The van der Waals surface area contributed by atoms with Gasteiger partial charge in [0.15, 0.2) is 11.6 Å². The van der Waals surface area contributed by atoms with Crippen LogP contribution in [0.4, 0.5) is 14.5 Å². The second kappa shape index (κ2) is 4.93. The van der Waals surface area contributed by atoms with E-state index in [9.17, 15) is 23.7 Å². The van der Waals surface area contributed by atoms with Crippen molar-refractivity contribution in [3.8, 4) is 0 Å². The third-order valence-corrected chi connectivity index (χ3v) is 2.54. The minimum Gasteiger partial charge on any atom is -0.288 e. The molecule has 96 valence electrons. The molecule has 0 spiro atoms. The van der Waals surface area contributed by atoms with Gasteiger partial charge >= 0.3 is 5.69 Å². The van der Waals surface area contributed by atoms with Gasteiger partial charge in [0.1, 0.15) is 0 Å². The fourth-order valence-electron chi connectivity index (χ4n) is 1.60. The Labute approximate surface area is 106 Å². The van der Waals surface area contributed by atoms with Crippen molar-refractivity contribution in [2.75, 3.05) is 0 Å². The number of carbonyl (C=O) groups excluding carboxylic acids is 1. The first-order valence-electron chi connectivity index (χ1n) is 5.24. The van der Waals surface area contributed by atoms with Gasteiger partial charge in [-0.2, -0.15) is 4.39 Å². The summed E-state index contributed by atoms with van der Waals surface area (Å²) in [4.78, 5) is 21.3. The van der Waals surface area contributed by atoms with Crippen LogP contribution in [-0.4, -0.2) is 10.7 Å². The molecular formula is C13H7F2NO3. The smallest absolute Gasteiger partial charge is 0.288 e. The number of hydrogen-bond donors (Lipinski definition) is 0. The Balaban J connectivity index is 2.51. The highest BCUT2D eigenvalue weighted by atomic mass is 19.2. The van der Waals surface area contributed by atoms with Gasteiger partial charge < -0.3 is 0 Å². The molecule has 0 radical (unpaired) electrons. The van der Waals surface area contributed by atoms with E-state index in [1.54, 1.807) is 18.2 Å². The summed E-state index contributed by atoms with van der Waals surface area (Å²) in [7, 11) is 0. The molecule has 0 aromatic heterocycles. The number of benzene rings is 2. The van der Waals surface area contributed by atoms with Gasteiger partial charge in [0, 0.05) is 11.6 Å². The van der Waals surface area contributed by atoms with Crippen molar-refractivity contribution in [2.24, 2.45) is 0 Å². The highest BCUT2D eigenvalue weighted by molar-refractivity contribution is 6.09. The monoisotopic (exact) mass is 263 g/mol. The molecule has 6 heteroatoms. The summed E-state index contributed by atoms with van der Waals surface area (Å²) >= 11 is 0. The Morgan fingerprint density at radius 3 is 2.21 bits per heavy atom. The van der Waals surface area contributed by atoms with Crippen LogP contribution in [0.25, 0.3) is 0 Å². The first-order chi connectivity index (χ1) is 9.02. The van der Waals surface area contributed by atoms with Crippen LogP contribution in [0.2, 0.25) is 0 Å². The van der Waals surface area contributed by atoms with Gasteiger partial charge in [-0.3, -0.25) is 14.9 Å². The fraction of sp³-hybridized carbons (Fsp3) is 0. The SMILES string of the molecule is O=C(c1ccccc1)c1ccc([N+](=O)[O-])c(F)c1F. The predicted molar refractivity (Wildman–Crippen MR) is 62.9 cm³/mol. The molecule has 0 aliphatic rings. The summed E-state index contributed by atoms with van der Waals surface area (Å²) in [6.07, 6.45) is 0. The summed E-state index contributed by atoms with van der Waals surface area (Å²) in [5, 5.41) is 10.4. The van der Waals surface area contributed by atoms with Crippen LogP contribution < -0.4 is 0 Å². The Morgan fingerprint density at radius 2 is 1.63 bits per heavy atom. The molecular weight excluding hydrogens is 256 g/mol. The molecule has 0 heterocycles. The van der Waals surface area contributed by atoms with Crippen molar-refractivity contribution < 1.29 is 18.5 Å². The van der Waals surface area contributed by atoms with Crippen LogP contribution in [0.5, 0.6) is 0 Å². The van der Waals surface area contributed by atoms with E-state index >= 15 is 0 Å². The van der Waals surface area contributed by atoms with E-state index in [0.29, 0.717) is 0 Å². The second-order valence-electron chi connectivity index (χ2n) is 3.71. The molecule has 0 aliphatic carbocycles. The lowest BCUT2D eigenvalue weighted by atomic mass is 10.0. The van der Waals surface area contributed by atoms with Crippen molar-refractivity contribution in [2.45, 2.75) is 0 Å². The van der Waals surface area contributed by atoms with Gasteiger partial charge in [0.05, 0.1) is 10.5 Å². The molecule has 2 rings (SSSR count). The van der Waals surface area contributed by atoms with Crippen LogP contribution in [-0.2, 0) is 0 Å². The molecule has 0 unspecified atom stereocenters. The Kier molecular flexibility index (Phi) is 3.33. The molecule has 0 N–H and O–H groups in total. The number of nitrogens with zero attached hydrogens (tertiary/aromatic N) is 1. The number of carbonyl (C=O) groups is 1. The second-order valence-corrected chi connectivity index (χ2v) is 3.71. The molecule has 0 aliphatic heterocycles. The number of rotatable bonds is 3. The van der Waals surface area contributed by atoms with Gasteiger partial charge in [-0.1, -0.05) is 30.3 Å². The van der Waals surface area contributed by atoms with Gasteiger partial charge in [0.2, 0.25) is 5.82 Å². The number of nitro groups is 1. The zero-order valence-electron chi connectivity index (χ0n) is 9.47. The van der Waals surface area contributed by atoms with Crippen LogP contribution in [0.15, 0.2) is 42.5 Å². The molecule has 0 fully saturated rings. The van der Waals surface area contributed by atoms with E-state index in [1.807, 2.05) is 0 Å². The fourth-order valence-corrected chi connectivity index (χ4v) is 1.60. The number of ketones is 1. The topological polar surface area (TPSA) is 60.2 Å². The van der Waals surface area contributed by atoms with Gasteiger partial charge in [-0.05, 0) is 6.07 Å². The maximum absolute atomic E-state index is 13.7. The first kappa shape index (κ1) is 12.8. The number of halogens is 2. The summed E-state index contributed by atoms with van der Waals surface area (Å²) < 4.78 is 27.1. The van der Waals surface area contributed by atoms with E-state index in [0.717, 1.165) is 12.1 Å². The van der Waals surface area contributed by atoms with E-state index in [2.05, 4.69) is 0 Å². The zero-order chi connectivity index (χ0) is 14.0. The number of nitro benzene ring substituents is 1. The average molecular weight is 263 g/mol. The standard InChI is InChI=1S/C13H7F2NO3/c14-11-9(6-7-10(12(11)15)16(18)19)13(17)8-4-2-1-3-5-8/h1-7H. The molecule has 0 bridgehead atoms. The average Bonchev–Trinajstić information content (AvgIpc) is 2.41. The molecule has 0 atom stereocenters. The summed E-state index contributed by atoms with van der Waals surface area (Å²) in [5.41, 5.74) is -1.36. The Hall–Kier alpha value is -2.63. The maximum Gasteiger partial charge on any atom is 0.307 e. The molecule has 2 aromatic carbocycles. The summed E-state index contributed by atoms with van der Waals surface area (Å²) in [6, 6.07) is 9.39. The quantitative estimate of drug-likeness (QED) is 0.485. The van der Waals surface area contributed by atoms with Crippen LogP contribution >= 0.6 is 0 Å². The van der Waals surface area contributed by atoms with E-state index in [-0.39, 0.29) is 5.56 Å². The zero-order valence-corrected chi connectivity index (χ0v) is 9.47. The minimum atomic E-state index is -1.63. The minimum absolute atomic E-state index is 0.176. The van der Waals surface area contributed by atoms with Gasteiger partial charge in [-0.25, -0.2) is 4.39 Å². The van der Waals surface area contributed by atoms with Crippen molar-refractivity contribution in [1.29, 1.82) is 0 Å². The lowest BCUT2D eigenvalue weighted by molar-refractivity contribution is -0.387. The van der Waals surface area contributed by atoms with Gasteiger partial charge in [-0.15, -0.1) is 0 Å². The van der Waals surface area contributed by atoms with Crippen molar-refractivity contribution >= 4 is 11.5 Å². The lowest BCUT2D eigenvalue weighted by Gasteiger charge is -2.03. The van der Waals surface area contributed by atoms with Crippen LogP contribution in [0.3, 0.4) is 0 Å². The molecule has 0 saturated heterocycles. The van der Waals surface area contributed by atoms with Crippen LogP contribution in [0, 0.1) is 21.7 Å². The van der Waals surface area contributed by atoms with E-state index in [1.165, 1.54) is 12.1 Å². The summed E-state index contributed by atoms with van der Waals surface area (Å²) in [6.45, 7) is 0. The highest BCUT2D eigenvalue weighted by Gasteiger charge is 2.24. The maximum atomic E-state index is 13.7. The summed E-state index contributed by atoms with van der Waals surface area (Å²) in [5.74, 6) is -3.87. The molecule has 2 aromatic rings. The molecule has 0 amide bonds. The lowest BCUT2D eigenvalue weighted by Crippen LogP contribution is -2.07. The van der Waals surface area contributed by atoms with E-state index in [4.69, 9.17) is 0 Å². The van der Waals surface area contributed by atoms with Crippen LogP contribution in [0.1, 0.15) is 15.9 Å². The number of hydrogen-bond acceptors (Lipinski definition) is 3. The predicted octanol–water partition coefficient (Wildman–Crippen LogP) is 3.10. The first-order valence-corrected chi connectivity index (χ1v) is 5.24. The Bertz CT molecular complexity index is 656. The third-order valence-electron chi connectivity index (χ3n) is 2.54. The molecule has 19 heavy (non-hydrogen) atoms. The largest absolute Gasteiger partial charge is 0.307 e. The molecule has 4 nitrogen and oxygen atoms in total. The highest BCUT2D eigenvalue weighted by Crippen LogP contribution is 2.24. The van der Waals surface area contributed by atoms with Crippen molar-refractivity contribution in [3.05, 3.63) is 75.3 Å². The van der Waals surface area contributed by atoms with E-state index < -0.39 is 33.6 Å². The normalized spacial score (nSPS) is 10.2. The molecule has 0 saturated carbocycles. The van der Waals surface area contributed by atoms with Gasteiger partial charge in [0.25, 0.3) is 0 Å².